The first-order valence-electron chi connectivity index (χ1n) is 4.47. The van der Waals surface area contributed by atoms with Crippen molar-refractivity contribution < 1.29 is 5.11 Å². The number of hydrogen-bond donors (Lipinski definition) is 2. The van der Waals surface area contributed by atoms with E-state index in [1.165, 1.54) is 6.20 Å². The Hall–Kier alpha value is -0.580. The van der Waals surface area contributed by atoms with Gasteiger partial charge in [0.1, 0.15) is 10.8 Å². The highest BCUT2D eigenvalue weighted by molar-refractivity contribution is 6.33. The predicted molar refractivity (Wildman–Crippen MR) is 61.4 cm³/mol. The smallest absolute Gasteiger partial charge is 0.224 e. The summed E-state index contributed by atoms with van der Waals surface area (Å²) in [5, 5.41) is 12.6. The number of aliphatic hydroxyl groups is 1. The molecule has 0 bridgehead atoms. The summed E-state index contributed by atoms with van der Waals surface area (Å²) < 4.78 is 0. The van der Waals surface area contributed by atoms with Gasteiger partial charge in [-0.3, -0.25) is 0 Å². The summed E-state index contributed by atoms with van der Waals surface area (Å²) in [6.45, 7) is 4.49. The molecule has 1 rings (SSSR count). The van der Waals surface area contributed by atoms with Crippen molar-refractivity contribution in [3.8, 4) is 0 Å². The Kier molecular flexibility index (Phi) is 4.13. The number of nitrogens with one attached hydrogen (secondary N) is 1. The second-order valence-electron chi connectivity index (χ2n) is 4.01. The van der Waals surface area contributed by atoms with Crippen molar-refractivity contribution in [2.24, 2.45) is 5.41 Å². The molecule has 0 amide bonds. The minimum atomic E-state index is -0.235. The van der Waals surface area contributed by atoms with Crippen LogP contribution in [-0.4, -0.2) is 28.2 Å². The van der Waals surface area contributed by atoms with E-state index in [-0.39, 0.29) is 17.3 Å². The van der Waals surface area contributed by atoms with Crippen molar-refractivity contribution >= 4 is 29.0 Å². The van der Waals surface area contributed by atoms with Crippen LogP contribution >= 0.6 is 23.2 Å². The van der Waals surface area contributed by atoms with Gasteiger partial charge in [-0.15, -0.1) is 0 Å². The fourth-order valence-corrected chi connectivity index (χ4v) is 1.14. The molecule has 0 atom stereocenters. The molecule has 0 aliphatic heterocycles. The van der Waals surface area contributed by atoms with Crippen molar-refractivity contribution in [3.05, 3.63) is 16.5 Å². The summed E-state index contributed by atoms with van der Waals surface area (Å²) in [7, 11) is 0. The summed E-state index contributed by atoms with van der Waals surface area (Å²) in [6.07, 6.45) is 1.44. The molecule has 0 unspecified atom stereocenters. The van der Waals surface area contributed by atoms with E-state index in [9.17, 15) is 0 Å². The Morgan fingerprint density at radius 1 is 1.47 bits per heavy atom. The van der Waals surface area contributed by atoms with Crippen molar-refractivity contribution in [2.75, 3.05) is 18.5 Å². The number of halogens is 2. The summed E-state index contributed by atoms with van der Waals surface area (Å²) >= 11 is 11.5. The van der Waals surface area contributed by atoms with Gasteiger partial charge in [0.05, 0.1) is 6.20 Å². The van der Waals surface area contributed by atoms with Crippen molar-refractivity contribution in [2.45, 2.75) is 13.8 Å². The first-order valence-corrected chi connectivity index (χ1v) is 5.23. The van der Waals surface area contributed by atoms with Gasteiger partial charge in [0, 0.05) is 18.6 Å². The minimum Gasteiger partial charge on any atom is -0.396 e. The molecule has 0 spiro atoms. The second-order valence-corrected chi connectivity index (χ2v) is 4.76. The van der Waals surface area contributed by atoms with Crippen molar-refractivity contribution in [1.29, 1.82) is 0 Å². The fraction of sp³-hybridized carbons (Fsp3) is 0.556. The van der Waals surface area contributed by atoms with E-state index in [2.05, 4.69) is 15.3 Å². The van der Waals surface area contributed by atoms with Crippen LogP contribution in [0, 0.1) is 5.41 Å². The topological polar surface area (TPSA) is 58.0 Å². The standard InChI is InChI=1S/C9H13Cl2N3O/c1-9(2,5-15)4-13-7-6(10)3-12-8(11)14-7/h3,15H,4-5H2,1-2H3,(H,12,13,14). The third-order valence-electron chi connectivity index (χ3n) is 1.88. The first-order chi connectivity index (χ1) is 6.94. The molecule has 84 valence electrons. The Labute approximate surface area is 98.6 Å². The zero-order valence-electron chi connectivity index (χ0n) is 8.59. The van der Waals surface area contributed by atoms with Crippen LogP contribution < -0.4 is 5.32 Å². The summed E-state index contributed by atoms with van der Waals surface area (Å²) in [5.41, 5.74) is -0.235. The highest BCUT2D eigenvalue weighted by atomic mass is 35.5. The fourth-order valence-electron chi connectivity index (χ4n) is 0.848. The van der Waals surface area contributed by atoms with Crippen LogP contribution in [0.15, 0.2) is 6.20 Å². The first kappa shape index (κ1) is 12.5. The van der Waals surface area contributed by atoms with Crippen LogP contribution in [0.2, 0.25) is 10.3 Å². The second kappa shape index (κ2) is 4.96. The summed E-state index contributed by atoms with van der Waals surface area (Å²) in [6, 6.07) is 0. The van der Waals surface area contributed by atoms with E-state index in [1.54, 1.807) is 0 Å². The van der Waals surface area contributed by atoms with Gasteiger partial charge in [0.2, 0.25) is 5.28 Å². The molecule has 1 aromatic heterocycles. The molecule has 0 radical (unpaired) electrons. The van der Waals surface area contributed by atoms with E-state index in [4.69, 9.17) is 28.3 Å². The average molecular weight is 250 g/mol. The molecule has 2 N–H and O–H groups in total. The Balaban J connectivity index is 2.69. The molecule has 0 aromatic carbocycles. The van der Waals surface area contributed by atoms with Crippen LogP contribution in [0.25, 0.3) is 0 Å². The number of aromatic nitrogens is 2. The molecule has 0 aliphatic carbocycles. The highest BCUT2D eigenvalue weighted by Crippen LogP contribution is 2.21. The maximum Gasteiger partial charge on any atom is 0.224 e. The van der Waals surface area contributed by atoms with Crippen LogP contribution in [0.3, 0.4) is 0 Å². The maximum atomic E-state index is 9.06. The van der Waals surface area contributed by atoms with E-state index < -0.39 is 0 Å². The highest BCUT2D eigenvalue weighted by Gasteiger charge is 2.17. The molecule has 1 aromatic rings. The van der Waals surface area contributed by atoms with E-state index >= 15 is 0 Å². The van der Waals surface area contributed by atoms with E-state index in [0.717, 1.165) is 0 Å². The molecule has 0 aliphatic rings. The van der Waals surface area contributed by atoms with Gasteiger partial charge < -0.3 is 10.4 Å². The number of hydrogen-bond acceptors (Lipinski definition) is 4. The lowest BCUT2D eigenvalue weighted by Gasteiger charge is -2.22. The minimum absolute atomic E-state index is 0.0798. The molecular formula is C9H13Cl2N3O. The van der Waals surface area contributed by atoms with E-state index in [1.807, 2.05) is 13.8 Å². The van der Waals surface area contributed by atoms with Crippen LogP contribution in [-0.2, 0) is 0 Å². The van der Waals surface area contributed by atoms with Crippen molar-refractivity contribution in [3.63, 3.8) is 0 Å². The van der Waals surface area contributed by atoms with Crippen molar-refractivity contribution in [1.82, 2.24) is 9.97 Å². The number of aliphatic hydroxyl groups excluding tert-OH is 1. The molecule has 4 nitrogen and oxygen atoms in total. The zero-order chi connectivity index (χ0) is 11.5. The van der Waals surface area contributed by atoms with Gasteiger partial charge >= 0.3 is 0 Å². The largest absolute Gasteiger partial charge is 0.396 e. The molecule has 0 fully saturated rings. The third kappa shape index (κ3) is 3.81. The quantitative estimate of drug-likeness (QED) is 0.804. The van der Waals surface area contributed by atoms with Gasteiger partial charge in [-0.2, -0.15) is 4.98 Å². The number of nitrogens with zero attached hydrogens (tertiary/aromatic N) is 2. The number of anilines is 1. The van der Waals surface area contributed by atoms with Crippen LogP contribution in [0.5, 0.6) is 0 Å². The number of rotatable bonds is 4. The maximum absolute atomic E-state index is 9.06. The molecule has 15 heavy (non-hydrogen) atoms. The molecular weight excluding hydrogens is 237 g/mol. The average Bonchev–Trinajstić information content (AvgIpc) is 2.20. The van der Waals surface area contributed by atoms with Crippen LogP contribution in [0.4, 0.5) is 5.82 Å². The lowest BCUT2D eigenvalue weighted by Crippen LogP contribution is -2.27. The Morgan fingerprint density at radius 2 is 2.13 bits per heavy atom. The monoisotopic (exact) mass is 249 g/mol. The summed E-state index contributed by atoms with van der Waals surface area (Å²) in [5.74, 6) is 0.484. The Morgan fingerprint density at radius 3 is 2.73 bits per heavy atom. The van der Waals surface area contributed by atoms with Gasteiger partial charge in [0.25, 0.3) is 0 Å². The summed E-state index contributed by atoms with van der Waals surface area (Å²) in [4.78, 5) is 7.68. The van der Waals surface area contributed by atoms with Gasteiger partial charge in [-0.1, -0.05) is 25.4 Å². The SMILES string of the molecule is CC(C)(CO)CNc1nc(Cl)ncc1Cl. The van der Waals surface area contributed by atoms with E-state index in [0.29, 0.717) is 17.4 Å². The molecule has 0 saturated heterocycles. The normalized spacial score (nSPS) is 11.5. The molecule has 1 heterocycles. The third-order valence-corrected chi connectivity index (χ3v) is 2.34. The zero-order valence-corrected chi connectivity index (χ0v) is 10.1. The molecule has 6 heteroatoms. The Bertz CT molecular complexity index is 344. The molecule has 0 saturated carbocycles. The lowest BCUT2D eigenvalue weighted by atomic mass is 9.95. The van der Waals surface area contributed by atoms with Crippen LogP contribution in [0.1, 0.15) is 13.8 Å². The van der Waals surface area contributed by atoms with Gasteiger partial charge in [-0.05, 0) is 11.6 Å². The van der Waals surface area contributed by atoms with Gasteiger partial charge in [0.15, 0.2) is 0 Å². The van der Waals surface area contributed by atoms with Gasteiger partial charge in [-0.25, -0.2) is 4.98 Å². The lowest BCUT2D eigenvalue weighted by molar-refractivity contribution is 0.170. The predicted octanol–water partition coefficient (Wildman–Crippen LogP) is 2.21.